The molecule has 0 aromatic heterocycles. The van der Waals surface area contributed by atoms with Crippen molar-refractivity contribution in [3.8, 4) is 0 Å². The van der Waals surface area contributed by atoms with Crippen molar-refractivity contribution >= 4 is 133 Å². The van der Waals surface area contributed by atoms with Crippen molar-refractivity contribution in [2.24, 2.45) is 0 Å². The second-order valence-corrected chi connectivity index (χ2v) is 17.4. The number of benzene rings is 6. The minimum atomic E-state index is -0.893. The van der Waals surface area contributed by atoms with E-state index in [0.29, 0.717) is 62.2 Å². The van der Waals surface area contributed by atoms with Gasteiger partial charge in [0.15, 0.2) is 0 Å². The van der Waals surface area contributed by atoms with Crippen molar-refractivity contribution in [2.75, 3.05) is 71.1 Å². The van der Waals surface area contributed by atoms with Crippen LogP contribution >= 0.6 is 91.5 Å². The van der Waals surface area contributed by atoms with Gasteiger partial charge in [0.25, 0.3) is 5.91 Å². The van der Waals surface area contributed by atoms with Gasteiger partial charge in [-0.1, -0.05) is 88.7 Å². The van der Waals surface area contributed by atoms with E-state index in [9.17, 15) is 24.0 Å². The normalized spacial score (nSPS) is 10.4. The van der Waals surface area contributed by atoms with Crippen molar-refractivity contribution in [3.05, 3.63) is 201 Å². The molecular formula is C55H65Ar5BrClN3O10S5. The number of nitrogens with one attached hydrogen (secondary N) is 1. The molecule has 13 nitrogen and oxygen atoms in total. The molecule has 0 radical (unpaired) electrons. The van der Waals surface area contributed by atoms with Gasteiger partial charge in [-0.25, -0.2) is 19.2 Å². The van der Waals surface area contributed by atoms with Crippen LogP contribution in [-0.2, 0) is 47.3 Å². The summed E-state index contributed by atoms with van der Waals surface area (Å²) in [6, 6.07) is 42.8. The molecule has 0 saturated carbocycles. The van der Waals surface area contributed by atoms with E-state index in [2.05, 4.69) is 90.9 Å². The monoisotopic (exact) mass is 1400 g/mol. The number of thiol groups is 4. The van der Waals surface area contributed by atoms with E-state index in [1.54, 1.807) is 84.9 Å². The van der Waals surface area contributed by atoms with Crippen LogP contribution in [0, 0.1) is 189 Å². The van der Waals surface area contributed by atoms with E-state index in [1.807, 2.05) is 60.7 Å². The number of para-hydroxylation sites is 2. The molecule has 6 aromatic carbocycles. The van der Waals surface area contributed by atoms with Crippen LogP contribution in [0.3, 0.4) is 0 Å². The fraction of sp³-hybridized carbons (Fsp3) is 0.255. The summed E-state index contributed by atoms with van der Waals surface area (Å²) in [4.78, 5) is 57.6. The van der Waals surface area contributed by atoms with Crippen LogP contribution in [0.15, 0.2) is 146 Å². The Labute approximate surface area is 663 Å². The van der Waals surface area contributed by atoms with Gasteiger partial charge in [-0.05, 0) is 101 Å². The number of methoxy groups -OCH3 is 3. The Morgan fingerprint density at radius 1 is 0.550 bits per heavy atom. The van der Waals surface area contributed by atoms with Crippen LogP contribution in [0.4, 0.5) is 11.4 Å². The molecule has 6 aromatic rings. The van der Waals surface area contributed by atoms with Gasteiger partial charge in [0.1, 0.15) is 0 Å². The fourth-order valence-electron chi connectivity index (χ4n) is 5.84. The number of carbonyl (C=O) groups excluding carboxylic acids is 4. The standard InChI is InChI=1S/C14H14N2OS.C9H9BrO2.2C9H10O2S.C8H8O2S.C6H12ClNO.5Ar.H2S/c15-12-3-1-2-4-13(12)16-14(17)11-7-5-10(9-18)6-8-11;1-12-9(11)8-4-2-7(6-10)3-5-8;2*1-11-9(10)8-4-2-7(6-12)3-5-8;9-8(10)7-3-1-6(5-11)2-4-7;7-1-2-8-3-5-9-6-4-8;;;;;;/h1-8,18H,9,15H2,(H,16,17);2-5H,6H2,1H3;2*2-5,12H,6H2,1H3;1-4,11H,5H2,(H,9,10);1-6H2;;;;;;1H2. The number of carbonyl (C=O) groups is 5. The van der Waals surface area contributed by atoms with Gasteiger partial charge in [-0.3, -0.25) is 9.69 Å². The van der Waals surface area contributed by atoms with Crippen LogP contribution < -0.4 is 11.1 Å². The number of nitrogens with two attached hydrogens (primary N) is 1. The molecule has 0 bridgehead atoms. The van der Waals surface area contributed by atoms with Crippen LogP contribution in [0.2, 0.25) is 0 Å². The number of carboxylic acid groups (broad SMARTS) is 1. The molecule has 0 atom stereocenters. The van der Waals surface area contributed by atoms with Crippen molar-refractivity contribution in [1.82, 2.24) is 4.90 Å². The number of amides is 1. The molecule has 1 fully saturated rings. The average molecular weight is 1400 g/mol. The Bertz CT molecular complexity index is 2460. The molecule has 7 rings (SSSR count). The number of hydrogen-bond donors (Lipinski definition) is 7. The molecule has 0 aliphatic carbocycles. The third-order valence-electron chi connectivity index (χ3n) is 10.1. The first-order chi connectivity index (χ1) is 35.7. The first-order valence-corrected chi connectivity index (χ1v) is 26.8. The molecule has 0 unspecified atom stereocenters. The maximum atomic E-state index is 12.0. The van der Waals surface area contributed by atoms with E-state index < -0.39 is 5.97 Å². The van der Waals surface area contributed by atoms with Crippen molar-refractivity contribution in [2.45, 2.75) is 28.3 Å². The number of rotatable bonds is 13. The Morgan fingerprint density at radius 2 is 0.863 bits per heavy atom. The molecule has 1 aliphatic heterocycles. The quantitative estimate of drug-likeness (QED) is 0.0191. The number of morpholine rings is 1. The molecule has 0 spiro atoms. The Hall–Kier alpha value is 1.21. The number of nitrogens with zero attached hydrogens (tertiary/aromatic N) is 1. The number of anilines is 2. The van der Waals surface area contributed by atoms with Crippen molar-refractivity contribution in [3.63, 3.8) is 0 Å². The van der Waals surface area contributed by atoms with Gasteiger partial charge in [0, 0.05) is 248 Å². The van der Waals surface area contributed by atoms with Gasteiger partial charge in [-0.2, -0.15) is 64.0 Å². The first-order valence-electron chi connectivity index (χ1n) is 22.6. The number of halogens is 2. The number of ether oxygens (including phenoxy) is 4. The van der Waals surface area contributed by atoms with Crippen molar-refractivity contribution in [1.29, 1.82) is 0 Å². The van der Waals surface area contributed by atoms with Crippen LogP contribution in [-0.4, -0.2) is 99.8 Å². The summed E-state index contributed by atoms with van der Waals surface area (Å²) < 4.78 is 18.8. The number of alkyl halides is 2. The van der Waals surface area contributed by atoms with E-state index >= 15 is 0 Å². The summed E-state index contributed by atoms with van der Waals surface area (Å²) in [5.74, 6) is 1.43. The molecule has 1 amide bonds. The van der Waals surface area contributed by atoms with E-state index in [4.69, 9.17) is 27.2 Å². The van der Waals surface area contributed by atoms with Gasteiger partial charge in [-0.15, -0.1) is 11.6 Å². The summed E-state index contributed by atoms with van der Waals surface area (Å²) in [6.07, 6.45) is 0. The molecule has 1 saturated heterocycles. The second kappa shape index (κ2) is 55.5. The smallest absolute Gasteiger partial charge is 0.337 e. The predicted octanol–water partition coefficient (Wildman–Crippen LogP) is 11.6. The van der Waals surface area contributed by atoms with Gasteiger partial charge >= 0.3 is 23.9 Å². The Kier molecular flexibility index (Phi) is 62.4. The molecule has 1 aliphatic rings. The fourth-order valence-corrected chi connectivity index (χ4v) is 7.30. The molecule has 25 heteroatoms. The Morgan fingerprint density at radius 3 is 1.15 bits per heavy atom. The van der Waals surface area contributed by atoms with Crippen molar-refractivity contribution < 1.29 is 237 Å². The van der Waals surface area contributed by atoms with Gasteiger partial charge < -0.3 is 35.1 Å². The molecule has 1 heterocycles. The summed E-state index contributed by atoms with van der Waals surface area (Å²) >= 11 is 25.3. The summed E-state index contributed by atoms with van der Waals surface area (Å²) in [7, 11) is 4.12. The van der Waals surface area contributed by atoms with Gasteiger partial charge in [0.2, 0.25) is 0 Å². The number of carboxylic acids is 1. The zero-order chi connectivity index (χ0) is 54.7. The topological polar surface area (TPSA) is 184 Å². The zero-order valence-electron chi connectivity index (χ0n) is 43.6. The largest absolute Gasteiger partial charge is 0.478 e. The van der Waals surface area contributed by atoms with Gasteiger partial charge in [0.05, 0.1) is 68.2 Å². The third kappa shape index (κ3) is 37.8. The van der Waals surface area contributed by atoms with E-state index in [0.717, 1.165) is 71.9 Å². The maximum absolute atomic E-state index is 12.0. The summed E-state index contributed by atoms with van der Waals surface area (Å²) in [5.41, 5.74) is 15.0. The average Bonchev–Trinajstić information content (AvgIpc) is 3.46. The van der Waals surface area contributed by atoms with Crippen LogP contribution in [0.1, 0.15) is 79.6 Å². The molecule has 80 heavy (non-hydrogen) atoms. The van der Waals surface area contributed by atoms with Crippen LogP contribution in [0.5, 0.6) is 0 Å². The Balaban J connectivity index is -0.000000281. The SMILES string of the molecule is COC(=O)c1ccc(CBr)cc1.COC(=O)c1ccc(CS)cc1.COC(=O)c1ccc(CS)cc1.ClCCN1CCOCC1.Nc1ccccc1NC(=O)c1ccc(CS)cc1.O=C(O)c1ccc(CS)cc1.S.[Ar].[Ar].[Ar].[Ar].[Ar]. The maximum Gasteiger partial charge on any atom is 0.337 e. The zero-order valence-corrected chi connectivity index (χ0v) is 54.0. The van der Waals surface area contributed by atoms with E-state index in [-0.39, 0.29) is 226 Å². The predicted molar refractivity (Wildman–Crippen MR) is 324 cm³/mol. The molecule has 4 N–H and O–H groups in total. The molecule has 444 valence electrons. The first kappa shape index (κ1) is 90.0. The van der Waals surface area contributed by atoms with E-state index in [1.165, 1.54) is 21.3 Å². The second-order valence-electron chi connectivity index (χ2n) is 15.2. The third-order valence-corrected chi connectivity index (χ3v) is 12.4. The number of hydrogen-bond acceptors (Lipinski definition) is 15. The number of nitrogen functional groups attached to an aromatic ring is 1. The number of esters is 3. The minimum absolute atomic E-state index is 0. The van der Waals surface area contributed by atoms with Crippen LogP contribution in [0.25, 0.3) is 0 Å². The summed E-state index contributed by atoms with van der Waals surface area (Å²) in [5, 5.41) is 12.1. The minimum Gasteiger partial charge on any atom is -0.478 e. The number of aromatic carboxylic acids is 1. The molecular weight excluding hydrogens is 1340 g/mol. The summed E-state index contributed by atoms with van der Waals surface area (Å²) in [6.45, 7) is 4.85.